The fourth-order valence-electron chi connectivity index (χ4n) is 5.73. The second-order valence-electron chi connectivity index (χ2n) is 10.9. The summed E-state index contributed by atoms with van der Waals surface area (Å²) in [6.07, 6.45) is 1.11. The smallest absolute Gasteiger partial charge is 0.410 e. The van der Waals surface area contributed by atoms with Crippen molar-refractivity contribution >= 4 is 50.2 Å². The minimum Gasteiger partial charge on any atom is -0.466 e. The molecular formula is C30H38N4O9S2. The highest BCUT2D eigenvalue weighted by Gasteiger charge is 2.35. The molecule has 244 valence electrons. The van der Waals surface area contributed by atoms with E-state index in [1.54, 1.807) is 23.6 Å². The summed E-state index contributed by atoms with van der Waals surface area (Å²) in [7, 11) is -3.90. The van der Waals surface area contributed by atoms with Gasteiger partial charge in [0.05, 0.1) is 49.3 Å². The van der Waals surface area contributed by atoms with E-state index in [1.165, 1.54) is 39.9 Å². The largest absolute Gasteiger partial charge is 0.466 e. The highest BCUT2D eigenvalue weighted by Crippen LogP contribution is 2.38. The van der Waals surface area contributed by atoms with Crippen molar-refractivity contribution in [2.75, 3.05) is 64.5 Å². The number of ether oxygens (including phenoxy) is 3. The number of hydrogen-bond acceptors (Lipinski definition) is 10. The first kappa shape index (κ1) is 32.9. The number of fused-ring (bicyclic) bond motifs is 1. The summed E-state index contributed by atoms with van der Waals surface area (Å²) < 4.78 is 43.7. The highest BCUT2D eigenvalue weighted by atomic mass is 32.2. The van der Waals surface area contributed by atoms with Crippen LogP contribution in [0.1, 0.15) is 57.8 Å². The van der Waals surface area contributed by atoms with E-state index < -0.39 is 33.9 Å². The maximum Gasteiger partial charge on any atom is 0.410 e. The van der Waals surface area contributed by atoms with Crippen molar-refractivity contribution in [3.63, 3.8) is 0 Å². The van der Waals surface area contributed by atoms with Crippen LogP contribution in [0.4, 0.5) is 9.80 Å². The number of nitrogens with zero attached hydrogens (tertiary/aromatic N) is 3. The van der Waals surface area contributed by atoms with Gasteiger partial charge in [-0.1, -0.05) is 0 Å². The van der Waals surface area contributed by atoms with Gasteiger partial charge in [0.1, 0.15) is 5.00 Å². The van der Waals surface area contributed by atoms with Crippen molar-refractivity contribution in [2.45, 2.75) is 44.6 Å². The molecule has 2 fully saturated rings. The van der Waals surface area contributed by atoms with Gasteiger partial charge in [0.25, 0.3) is 11.8 Å². The van der Waals surface area contributed by atoms with Gasteiger partial charge in [-0.05, 0) is 62.9 Å². The zero-order chi connectivity index (χ0) is 32.1. The number of anilines is 1. The van der Waals surface area contributed by atoms with Crippen molar-refractivity contribution in [3.8, 4) is 0 Å². The first-order valence-corrected chi connectivity index (χ1v) is 17.4. The van der Waals surface area contributed by atoms with Crippen molar-refractivity contribution in [2.24, 2.45) is 5.92 Å². The zero-order valence-corrected chi connectivity index (χ0v) is 27.0. The summed E-state index contributed by atoms with van der Waals surface area (Å²) in [5.74, 6) is -1.63. The van der Waals surface area contributed by atoms with Crippen molar-refractivity contribution in [3.05, 3.63) is 45.8 Å². The Morgan fingerprint density at radius 2 is 1.69 bits per heavy atom. The Morgan fingerprint density at radius 3 is 2.38 bits per heavy atom. The Balaban J connectivity index is 1.35. The maximum absolute atomic E-state index is 13.7. The van der Waals surface area contributed by atoms with E-state index in [4.69, 9.17) is 14.2 Å². The number of carbonyl (C=O) groups is 4. The van der Waals surface area contributed by atoms with Crippen LogP contribution in [-0.2, 0) is 42.0 Å². The normalized spacial score (nSPS) is 19.0. The molecule has 13 nitrogen and oxygen atoms in total. The van der Waals surface area contributed by atoms with Crippen molar-refractivity contribution < 1.29 is 41.8 Å². The van der Waals surface area contributed by atoms with Crippen LogP contribution >= 0.6 is 11.3 Å². The molecule has 3 aliphatic heterocycles. The summed E-state index contributed by atoms with van der Waals surface area (Å²) in [6.45, 7) is 6.61. The zero-order valence-electron chi connectivity index (χ0n) is 25.4. The van der Waals surface area contributed by atoms with E-state index in [0.29, 0.717) is 62.7 Å². The standard InChI is InChI=1S/C30H38N4O9S2/c1-3-42-29(37)21-6-5-12-34(18-21)45(39,40)22-9-7-20(8-10-22)26(35)31-27-25(28(36)32-14-16-41-17-15-32)23-11-13-33(19-24(23)44-27)30(38)43-4-2/h7-10,21H,3-6,11-19H2,1-2H3,(H,31,35). The van der Waals surface area contributed by atoms with Crippen LogP contribution in [0.3, 0.4) is 0 Å². The third-order valence-corrected chi connectivity index (χ3v) is 11.1. The molecule has 0 saturated carbocycles. The first-order valence-electron chi connectivity index (χ1n) is 15.2. The summed E-state index contributed by atoms with van der Waals surface area (Å²) in [6, 6.07) is 5.59. The number of hydrogen-bond donors (Lipinski definition) is 1. The molecule has 3 aliphatic rings. The lowest BCUT2D eigenvalue weighted by atomic mass is 10.0. The molecule has 1 atom stereocenters. The summed E-state index contributed by atoms with van der Waals surface area (Å²) in [5.41, 5.74) is 1.42. The van der Waals surface area contributed by atoms with Crippen molar-refractivity contribution in [1.29, 1.82) is 0 Å². The third kappa shape index (κ3) is 7.16. The summed E-state index contributed by atoms with van der Waals surface area (Å²) in [4.78, 5) is 55.9. The van der Waals surface area contributed by atoms with E-state index in [1.807, 2.05) is 0 Å². The van der Waals surface area contributed by atoms with Crippen LogP contribution < -0.4 is 5.32 Å². The van der Waals surface area contributed by atoms with Gasteiger partial charge < -0.3 is 29.3 Å². The Labute approximate surface area is 266 Å². The first-order chi connectivity index (χ1) is 21.6. The molecular weight excluding hydrogens is 624 g/mol. The number of rotatable bonds is 8. The fourth-order valence-corrected chi connectivity index (χ4v) is 8.50. The number of esters is 1. The summed E-state index contributed by atoms with van der Waals surface area (Å²) in [5, 5.41) is 3.26. The monoisotopic (exact) mass is 662 g/mol. The number of piperidine rings is 1. The van der Waals surface area contributed by atoms with Gasteiger partial charge in [-0.2, -0.15) is 4.31 Å². The fraction of sp³-hybridized carbons (Fsp3) is 0.533. The van der Waals surface area contributed by atoms with Gasteiger partial charge >= 0.3 is 12.1 Å². The SMILES string of the molecule is CCOC(=O)C1CCCN(S(=O)(=O)c2ccc(C(=O)Nc3sc4c(c3C(=O)N3CCOCC3)CCN(C(=O)OCC)C4)cc2)C1. The van der Waals surface area contributed by atoms with Crippen LogP contribution in [0, 0.1) is 5.92 Å². The van der Waals surface area contributed by atoms with Crippen molar-refractivity contribution in [1.82, 2.24) is 14.1 Å². The topological polar surface area (TPSA) is 152 Å². The molecule has 3 amide bonds. The van der Waals surface area contributed by atoms with E-state index in [0.717, 1.165) is 10.4 Å². The molecule has 5 rings (SSSR count). The Hall–Kier alpha value is -3.53. The van der Waals surface area contributed by atoms with Crippen LogP contribution in [0.25, 0.3) is 0 Å². The Kier molecular flexibility index (Phi) is 10.4. The molecule has 0 bridgehead atoms. The molecule has 1 aromatic heterocycles. The van der Waals surface area contributed by atoms with Crippen LogP contribution in [-0.4, -0.2) is 106 Å². The van der Waals surface area contributed by atoms with Gasteiger partial charge in [0.2, 0.25) is 10.0 Å². The Bertz CT molecular complexity index is 1530. The average molecular weight is 663 g/mol. The molecule has 1 N–H and O–H groups in total. The number of carbonyl (C=O) groups excluding carboxylic acids is 4. The van der Waals surface area contributed by atoms with Crippen LogP contribution in [0.15, 0.2) is 29.2 Å². The van der Waals surface area contributed by atoms with E-state index >= 15 is 0 Å². The molecule has 0 aliphatic carbocycles. The van der Waals surface area contributed by atoms with Gasteiger partial charge in [-0.3, -0.25) is 14.4 Å². The van der Waals surface area contributed by atoms with Gasteiger partial charge in [-0.25, -0.2) is 13.2 Å². The number of thiophene rings is 1. The lowest BCUT2D eigenvalue weighted by molar-refractivity contribution is -0.149. The molecule has 4 heterocycles. The molecule has 1 aromatic carbocycles. The second-order valence-corrected chi connectivity index (χ2v) is 14.0. The highest BCUT2D eigenvalue weighted by molar-refractivity contribution is 7.89. The average Bonchev–Trinajstić information content (AvgIpc) is 3.42. The molecule has 2 aromatic rings. The molecule has 0 radical (unpaired) electrons. The number of morpholine rings is 1. The maximum atomic E-state index is 13.7. The molecule has 1 unspecified atom stereocenters. The number of sulfonamides is 1. The predicted molar refractivity (Wildman–Crippen MR) is 165 cm³/mol. The van der Waals surface area contributed by atoms with Crippen LogP contribution in [0.5, 0.6) is 0 Å². The van der Waals surface area contributed by atoms with E-state index in [9.17, 15) is 27.6 Å². The molecule has 45 heavy (non-hydrogen) atoms. The molecule has 0 spiro atoms. The third-order valence-electron chi connectivity index (χ3n) is 8.08. The summed E-state index contributed by atoms with van der Waals surface area (Å²) >= 11 is 1.25. The van der Waals surface area contributed by atoms with E-state index in [-0.39, 0.29) is 49.2 Å². The molecule has 15 heteroatoms. The lowest BCUT2D eigenvalue weighted by Gasteiger charge is -2.30. The van der Waals surface area contributed by atoms with Gasteiger partial charge in [0.15, 0.2) is 0 Å². The number of nitrogens with one attached hydrogen (secondary N) is 1. The minimum absolute atomic E-state index is 0.0115. The Morgan fingerprint density at radius 1 is 0.978 bits per heavy atom. The van der Waals surface area contributed by atoms with Gasteiger partial charge in [0, 0.05) is 43.2 Å². The van der Waals surface area contributed by atoms with Crippen LogP contribution in [0.2, 0.25) is 0 Å². The predicted octanol–water partition coefficient (Wildman–Crippen LogP) is 2.95. The van der Waals surface area contributed by atoms with Gasteiger partial charge in [-0.15, -0.1) is 11.3 Å². The van der Waals surface area contributed by atoms with E-state index in [2.05, 4.69) is 5.32 Å². The number of benzene rings is 1. The molecule has 2 saturated heterocycles. The number of amides is 3. The lowest BCUT2D eigenvalue weighted by Crippen LogP contribution is -2.42. The quantitative estimate of drug-likeness (QED) is 0.421. The second kappa shape index (κ2) is 14.3. The minimum atomic E-state index is -3.90.